The first-order chi connectivity index (χ1) is 18.2. The summed E-state index contributed by atoms with van der Waals surface area (Å²) in [6, 6.07) is 14.3. The van der Waals surface area contributed by atoms with E-state index >= 15 is 0 Å². The molecule has 0 saturated carbocycles. The molecule has 3 aliphatic heterocycles. The van der Waals surface area contributed by atoms with E-state index in [1.165, 1.54) is 11.8 Å². The van der Waals surface area contributed by atoms with Crippen molar-refractivity contribution in [3.05, 3.63) is 64.4 Å². The van der Waals surface area contributed by atoms with E-state index < -0.39 is 17.7 Å². The highest BCUT2D eigenvalue weighted by Crippen LogP contribution is 2.44. The number of fused-ring (bicyclic) bond motifs is 1. The molecule has 1 aromatic heterocycles. The Morgan fingerprint density at radius 2 is 2.00 bits per heavy atom. The van der Waals surface area contributed by atoms with Gasteiger partial charge in [0.15, 0.2) is 0 Å². The van der Waals surface area contributed by atoms with Crippen LogP contribution in [0.5, 0.6) is 0 Å². The van der Waals surface area contributed by atoms with Crippen molar-refractivity contribution in [2.75, 3.05) is 29.1 Å². The smallest absolute Gasteiger partial charge is 0.414 e. The Kier molecular flexibility index (Phi) is 6.20. The lowest BCUT2D eigenvalue weighted by atomic mass is 9.90. The number of carbonyl (C=O) groups is 2. The summed E-state index contributed by atoms with van der Waals surface area (Å²) in [7, 11) is 0. The number of aliphatic hydroxyl groups is 1. The van der Waals surface area contributed by atoms with E-state index in [0.717, 1.165) is 33.5 Å². The van der Waals surface area contributed by atoms with Gasteiger partial charge in [-0.05, 0) is 68.4 Å². The molecular weight excluding hydrogens is 504 g/mol. The van der Waals surface area contributed by atoms with Gasteiger partial charge in [0.2, 0.25) is 5.91 Å². The SMILES string of the molecule is CC(C)(O)C1C(NCCC[C@@H]2CN(c3ccc4c(c3)NC(=O)CS4)C(=O)O2)c2cccc3ccc(=O)n1c23. The van der Waals surface area contributed by atoms with Crippen LogP contribution in [0.15, 0.2) is 58.2 Å². The summed E-state index contributed by atoms with van der Waals surface area (Å²) in [4.78, 5) is 39.8. The van der Waals surface area contributed by atoms with E-state index in [4.69, 9.17) is 4.74 Å². The summed E-state index contributed by atoms with van der Waals surface area (Å²) < 4.78 is 7.36. The first-order valence-electron chi connectivity index (χ1n) is 12.9. The van der Waals surface area contributed by atoms with E-state index in [9.17, 15) is 19.5 Å². The van der Waals surface area contributed by atoms with Gasteiger partial charge in [-0.1, -0.05) is 18.2 Å². The molecule has 1 saturated heterocycles. The lowest BCUT2D eigenvalue weighted by Crippen LogP contribution is -2.43. The fraction of sp³-hybridized carbons (Fsp3) is 0.393. The molecule has 2 aromatic carbocycles. The molecule has 4 heterocycles. The molecule has 0 aliphatic carbocycles. The summed E-state index contributed by atoms with van der Waals surface area (Å²) in [5.41, 5.74) is 2.04. The van der Waals surface area contributed by atoms with Gasteiger partial charge in [0.1, 0.15) is 6.10 Å². The maximum absolute atomic E-state index is 12.8. The van der Waals surface area contributed by atoms with Gasteiger partial charge < -0.3 is 25.0 Å². The number of aromatic nitrogens is 1. The maximum atomic E-state index is 12.8. The van der Waals surface area contributed by atoms with Crippen molar-refractivity contribution in [2.24, 2.45) is 0 Å². The third-order valence-electron chi connectivity index (χ3n) is 7.48. The molecule has 0 radical (unpaired) electrons. The Hall–Kier alpha value is -3.34. The van der Waals surface area contributed by atoms with Gasteiger partial charge in [-0.25, -0.2) is 4.79 Å². The van der Waals surface area contributed by atoms with E-state index in [1.54, 1.807) is 29.4 Å². The number of nitrogens with zero attached hydrogens (tertiary/aromatic N) is 2. The minimum Gasteiger partial charge on any atom is -0.444 e. The lowest BCUT2D eigenvalue weighted by Gasteiger charge is -2.33. The third kappa shape index (κ3) is 4.36. The zero-order chi connectivity index (χ0) is 26.6. The Balaban J connectivity index is 1.11. The normalized spacial score (nSPS) is 22.5. The Labute approximate surface area is 224 Å². The number of ether oxygens (including phenoxy) is 1. The zero-order valence-electron chi connectivity index (χ0n) is 21.3. The van der Waals surface area contributed by atoms with E-state index in [-0.39, 0.29) is 23.6 Å². The standard InChI is InChI=1S/C28H30N4O5S/c1-28(2,36)26-24(19-7-3-5-16-8-11-23(34)32(26)25(16)19)29-12-4-6-18-14-31(27(35)37-18)17-9-10-21-20(13-17)30-22(33)15-38-21/h3,5,7-11,13,18,24,26,29,36H,4,6,12,14-15H2,1-2H3,(H,30,33)/t18-,24?,26?/m1/s1. The van der Waals surface area contributed by atoms with E-state index in [2.05, 4.69) is 10.6 Å². The number of cyclic esters (lactones) is 1. The molecule has 38 heavy (non-hydrogen) atoms. The molecule has 3 aliphatic rings. The summed E-state index contributed by atoms with van der Waals surface area (Å²) in [5, 5.41) is 18.4. The molecule has 0 spiro atoms. The summed E-state index contributed by atoms with van der Waals surface area (Å²) in [6.45, 7) is 4.54. The highest BCUT2D eigenvalue weighted by molar-refractivity contribution is 8.00. The van der Waals surface area contributed by atoms with Gasteiger partial charge in [0, 0.05) is 16.6 Å². The molecule has 6 rings (SSSR count). The van der Waals surface area contributed by atoms with Gasteiger partial charge in [0.05, 0.1) is 41.2 Å². The number of anilines is 2. The number of nitrogens with one attached hydrogen (secondary N) is 2. The van der Waals surface area contributed by atoms with Gasteiger partial charge >= 0.3 is 6.09 Å². The van der Waals surface area contributed by atoms with Crippen LogP contribution in [0.4, 0.5) is 16.2 Å². The van der Waals surface area contributed by atoms with Crippen molar-refractivity contribution >= 4 is 46.0 Å². The van der Waals surface area contributed by atoms with Gasteiger partial charge in [-0.15, -0.1) is 11.8 Å². The van der Waals surface area contributed by atoms with E-state index in [0.29, 0.717) is 31.0 Å². The van der Waals surface area contributed by atoms with Crippen LogP contribution in [0.2, 0.25) is 0 Å². The van der Waals surface area contributed by atoms with Gasteiger partial charge in [-0.3, -0.25) is 14.5 Å². The second kappa shape index (κ2) is 9.44. The van der Waals surface area contributed by atoms with Crippen molar-refractivity contribution in [3.63, 3.8) is 0 Å². The van der Waals surface area contributed by atoms with Crippen molar-refractivity contribution in [3.8, 4) is 0 Å². The van der Waals surface area contributed by atoms with Crippen LogP contribution in [0.1, 0.15) is 44.3 Å². The molecule has 3 N–H and O–H groups in total. The van der Waals surface area contributed by atoms with Crippen LogP contribution in [0, 0.1) is 0 Å². The van der Waals surface area contributed by atoms with Gasteiger partial charge in [-0.2, -0.15) is 0 Å². The van der Waals surface area contributed by atoms with Crippen LogP contribution in [-0.2, 0) is 9.53 Å². The maximum Gasteiger partial charge on any atom is 0.414 e. The molecule has 198 valence electrons. The number of hydrogen-bond acceptors (Lipinski definition) is 7. The van der Waals surface area contributed by atoms with Crippen molar-refractivity contribution in [1.29, 1.82) is 0 Å². The lowest BCUT2D eigenvalue weighted by molar-refractivity contribution is -0.113. The van der Waals surface area contributed by atoms with Crippen LogP contribution in [0.3, 0.4) is 0 Å². The number of hydrogen-bond donors (Lipinski definition) is 3. The van der Waals surface area contributed by atoms with Crippen LogP contribution < -0.4 is 21.1 Å². The molecular formula is C28H30N4O5S. The molecule has 3 aromatic rings. The van der Waals surface area contributed by atoms with Gasteiger partial charge in [0.25, 0.3) is 5.56 Å². The number of pyridine rings is 1. The quantitative estimate of drug-likeness (QED) is 0.395. The van der Waals surface area contributed by atoms with E-state index in [1.807, 2.05) is 42.5 Å². The second-order valence-electron chi connectivity index (χ2n) is 10.6. The highest BCUT2D eigenvalue weighted by Gasteiger charge is 2.43. The minimum atomic E-state index is -1.12. The van der Waals surface area contributed by atoms with Crippen molar-refractivity contribution in [1.82, 2.24) is 9.88 Å². The molecule has 9 nitrogen and oxygen atoms in total. The Morgan fingerprint density at radius 3 is 2.82 bits per heavy atom. The number of benzene rings is 2. The average molecular weight is 535 g/mol. The summed E-state index contributed by atoms with van der Waals surface area (Å²) in [5.74, 6) is 0.344. The second-order valence-corrected chi connectivity index (χ2v) is 11.7. The predicted octanol–water partition coefficient (Wildman–Crippen LogP) is 3.81. The molecule has 2 amide bonds. The molecule has 10 heteroatoms. The highest BCUT2D eigenvalue weighted by atomic mass is 32.2. The Bertz CT molecular complexity index is 1500. The molecule has 1 fully saturated rings. The zero-order valence-corrected chi connectivity index (χ0v) is 22.1. The number of para-hydroxylation sites is 1. The largest absolute Gasteiger partial charge is 0.444 e. The molecule has 0 bridgehead atoms. The van der Waals surface area contributed by atoms with Crippen LogP contribution >= 0.6 is 11.8 Å². The molecule has 2 unspecified atom stereocenters. The monoisotopic (exact) mass is 534 g/mol. The fourth-order valence-electron chi connectivity index (χ4n) is 5.84. The Morgan fingerprint density at radius 1 is 1.16 bits per heavy atom. The van der Waals surface area contributed by atoms with Crippen molar-refractivity contribution < 1.29 is 19.4 Å². The predicted molar refractivity (Wildman–Crippen MR) is 147 cm³/mol. The average Bonchev–Trinajstić information content (AvgIpc) is 3.42. The summed E-state index contributed by atoms with van der Waals surface area (Å²) >= 11 is 1.48. The molecule has 3 atom stereocenters. The number of rotatable bonds is 7. The minimum absolute atomic E-state index is 0.0488. The first-order valence-corrected chi connectivity index (χ1v) is 13.8. The van der Waals surface area contributed by atoms with Crippen LogP contribution in [0.25, 0.3) is 10.9 Å². The number of amides is 2. The number of thioether (sulfide) groups is 1. The summed E-state index contributed by atoms with van der Waals surface area (Å²) in [6.07, 6.45) is 0.779. The first kappa shape index (κ1) is 25.0. The third-order valence-corrected chi connectivity index (χ3v) is 8.56. The fourth-order valence-corrected chi connectivity index (χ4v) is 6.63. The number of carbonyl (C=O) groups excluding carboxylic acids is 2. The van der Waals surface area contributed by atoms with Crippen LogP contribution in [-0.4, -0.2) is 52.2 Å². The topological polar surface area (TPSA) is 113 Å². The van der Waals surface area contributed by atoms with Crippen molar-refractivity contribution in [2.45, 2.75) is 55.4 Å².